The summed E-state index contributed by atoms with van der Waals surface area (Å²) >= 11 is 2.43. The lowest BCUT2D eigenvalue weighted by atomic mass is 10.1. The van der Waals surface area contributed by atoms with Crippen molar-refractivity contribution in [2.75, 3.05) is 19.6 Å². The number of likely N-dealkylation sites (tertiary alicyclic amines) is 1. The van der Waals surface area contributed by atoms with Crippen LogP contribution in [0.3, 0.4) is 0 Å². The SMILES string of the molecule is O=C(NCCC1CCN(C(=O)c2ccns2)C1)c1ccns1. The standard InChI is InChI=1S/C14H16N4O2S2/c19-13(11-2-6-16-21-11)15-5-1-10-4-8-18(9-10)14(20)12-3-7-17-22-12/h2-3,6-7,10H,1,4-5,8-9H2,(H,15,19). The molecule has 1 aliphatic rings. The summed E-state index contributed by atoms with van der Waals surface area (Å²) in [4.78, 5) is 27.2. The molecule has 0 saturated carbocycles. The Kier molecular flexibility index (Phi) is 4.79. The van der Waals surface area contributed by atoms with E-state index in [1.165, 1.54) is 23.1 Å². The van der Waals surface area contributed by atoms with Gasteiger partial charge >= 0.3 is 0 Å². The summed E-state index contributed by atoms with van der Waals surface area (Å²) in [6.07, 6.45) is 5.15. The van der Waals surface area contributed by atoms with Crippen LogP contribution in [-0.2, 0) is 0 Å². The summed E-state index contributed by atoms with van der Waals surface area (Å²) in [5.41, 5.74) is 0. The Morgan fingerprint density at radius 2 is 1.95 bits per heavy atom. The Labute approximate surface area is 136 Å². The third-order valence-electron chi connectivity index (χ3n) is 3.72. The van der Waals surface area contributed by atoms with E-state index < -0.39 is 0 Å². The normalized spacial score (nSPS) is 17.6. The molecule has 1 fully saturated rings. The molecular weight excluding hydrogens is 320 g/mol. The number of carbonyl (C=O) groups excluding carboxylic acids is 2. The summed E-state index contributed by atoms with van der Waals surface area (Å²) in [6.45, 7) is 2.17. The molecule has 0 aromatic carbocycles. The van der Waals surface area contributed by atoms with Crippen molar-refractivity contribution in [3.63, 3.8) is 0 Å². The summed E-state index contributed by atoms with van der Waals surface area (Å²) < 4.78 is 7.88. The predicted octanol–water partition coefficient (Wildman–Crippen LogP) is 1.88. The molecule has 116 valence electrons. The van der Waals surface area contributed by atoms with Crippen molar-refractivity contribution in [3.8, 4) is 0 Å². The Hall–Kier alpha value is -1.80. The van der Waals surface area contributed by atoms with Crippen LogP contribution in [0.25, 0.3) is 0 Å². The van der Waals surface area contributed by atoms with Gasteiger partial charge in [-0.2, -0.15) is 0 Å². The second kappa shape index (κ2) is 6.97. The van der Waals surface area contributed by atoms with Gasteiger partial charge in [-0.1, -0.05) is 0 Å². The quantitative estimate of drug-likeness (QED) is 0.904. The van der Waals surface area contributed by atoms with Crippen molar-refractivity contribution in [1.82, 2.24) is 19.0 Å². The van der Waals surface area contributed by atoms with Crippen molar-refractivity contribution < 1.29 is 9.59 Å². The lowest BCUT2D eigenvalue weighted by Gasteiger charge is -2.15. The number of carbonyl (C=O) groups is 2. The molecule has 2 amide bonds. The van der Waals surface area contributed by atoms with Gasteiger partial charge in [0.2, 0.25) is 0 Å². The highest BCUT2D eigenvalue weighted by atomic mass is 32.1. The molecule has 8 heteroatoms. The van der Waals surface area contributed by atoms with Crippen molar-refractivity contribution in [1.29, 1.82) is 0 Å². The molecule has 0 spiro atoms. The van der Waals surface area contributed by atoms with Gasteiger partial charge in [0, 0.05) is 32.0 Å². The molecule has 1 saturated heterocycles. The third-order valence-corrected chi connectivity index (χ3v) is 5.20. The van der Waals surface area contributed by atoms with Gasteiger partial charge < -0.3 is 10.2 Å². The Morgan fingerprint density at radius 1 is 1.23 bits per heavy atom. The molecule has 0 radical (unpaired) electrons. The number of nitrogens with one attached hydrogen (secondary N) is 1. The zero-order chi connectivity index (χ0) is 15.4. The van der Waals surface area contributed by atoms with E-state index in [0.29, 0.717) is 22.2 Å². The second-order valence-corrected chi connectivity index (χ2v) is 6.87. The van der Waals surface area contributed by atoms with Crippen LogP contribution in [0, 0.1) is 5.92 Å². The van der Waals surface area contributed by atoms with Crippen molar-refractivity contribution in [3.05, 3.63) is 34.3 Å². The summed E-state index contributed by atoms with van der Waals surface area (Å²) in [7, 11) is 0. The molecule has 22 heavy (non-hydrogen) atoms. The van der Waals surface area contributed by atoms with Crippen LogP contribution < -0.4 is 5.32 Å². The monoisotopic (exact) mass is 336 g/mol. The topological polar surface area (TPSA) is 75.2 Å². The van der Waals surface area contributed by atoms with Crippen LogP contribution in [0.4, 0.5) is 0 Å². The molecule has 0 aliphatic carbocycles. The van der Waals surface area contributed by atoms with E-state index in [0.717, 1.165) is 25.9 Å². The zero-order valence-corrected chi connectivity index (χ0v) is 13.5. The molecule has 1 atom stereocenters. The van der Waals surface area contributed by atoms with E-state index in [9.17, 15) is 9.59 Å². The van der Waals surface area contributed by atoms with Crippen LogP contribution in [0.1, 0.15) is 32.2 Å². The van der Waals surface area contributed by atoms with Gasteiger partial charge in [0.15, 0.2) is 0 Å². The van der Waals surface area contributed by atoms with E-state index in [-0.39, 0.29) is 11.8 Å². The average Bonchev–Trinajstić information content (AvgIpc) is 3.27. The zero-order valence-electron chi connectivity index (χ0n) is 11.9. The van der Waals surface area contributed by atoms with Gasteiger partial charge in [-0.3, -0.25) is 9.59 Å². The Balaban J connectivity index is 1.42. The van der Waals surface area contributed by atoms with Crippen LogP contribution in [0.5, 0.6) is 0 Å². The van der Waals surface area contributed by atoms with Crippen LogP contribution in [-0.4, -0.2) is 45.1 Å². The summed E-state index contributed by atoms with van der Waals surface area (Å²) in [5.74, 6) is 0.440. The van der Waals surface area contributed by atoms with Crippen LogP contribution >= 0.6 is 23.1 Å². The maximum atomic E-state index is 12.2. The number of amides is 2. The van der Waals surface area contributed by atoms with Gasteiger partial charge in [-0.25, -0.2) is 8.75 Å². The molecule has 6 nitrogen and oxygen atoms in total. The maximum Gasteiger partial charge on any atom is 0.265 e. The number of hydrogen-bond donors (Lipinski definition) is 1. The molecular formula is C14H16N4O2S2. The van der Waals surface area contributed by atoms with Crippen molar-refractivity contribution >= 4 is 34.9 Å². The first-order valence-electron chi connectivity index (χ1n) is 7.13. The van der Waals surface area contributed by atoms with E-state index in [1.807, 2.05) is 4.90 Å². The average molecular weight is 336 g/mol. The largest absolute Gasteiger partial charge is 0.351 e. The number of nitrogens with zero attached hydrogens (tertiary/aromatic N) is 3. The van der Waals surface area contributed by atoms with E-state index in [1.54, 1.807) is 24.5 Å². The van der Waals surface area contributed by atoms with E-state index in [4.69, 9.17) is 0 Å². The van der Waals surface area contributed by atoms with Crippen molar-refractivity contribution in [2.45, 2.75) is 12.8 Å². The first kappa shape index (κ1) is 15.1. The van der Waals surface area contributed by atoms with Gasteiger partial charge in [-0.15, -0.1) is 0 Å². The molecule has 1 unspecified atom stereocenters. The summed E-state index contributed by atoms with van der Waals surface area (Å²) in [6, 6.07) is 3.47. The molecule has 2 aromatic rings. The fraction of sp³-hybridized carbons (Fsp3) is 0.429. The number of aromatic nitrogens is 2. The fourth-order valence-electron chi connectivity index (χ4n) is 2.54. The molecule has 0 bridgehead atoms. The maximum absolute atomic E-state index is 12.2. The minimum absolute atomic E-state index is 0.0682. The second-order valence-electron chi connectivity index (χ2n) is 5.20. The van der Waals surface area contributed by atoms with E-state index >= 15 is 0 Å². The van der Waals surface area contributed by atoms with Gasteiger partial charge in [-0.05, 0) is 54.0 Å². The number of rotatable bonds is 5. The lowest BCUT2D eigenvalue weighted by molar-refractivity contribution is 0.0790. The molecule has 2 aromatic heterocycles. The Morgan fingerprint density at radius 3 is 2.64 bits per heavy atom. The molecule has 1 aliphatic heterocycles. The first-order valence-corrected chi connectivity index (χ1v) is 8.67. The fourth-order valence-corrected chi connectivity index (χ4v) is 3.62. The minimum Gasteiger partial charge on any atom is -0.351 e. The Bertz CT molecular complexity index is 627. The lowest BCUT2D eigenvalue weighted by Crippen LogP contribution is -2.29. The highest BCUT2D eigenvalue weighted by molar-refractivity contribution is 7.08. The smallest absolute Gasteiger partial charge is 0.265 e. The molecule has 3 heterocycles. The van der Waals surface area contributed by atoms with Crippen molar-refractivity contribution in [2.24, 2.45) is 5.92 Å². The molecule has 1 N–H and O–H groups in total. The minimum atomic E-state index is -0.0712. The highest BCUT2D eigenvalue weighted by Gasteiger charge is 2.27. The molecule has 3 rings (SSSR count). The van der Waals surface area contributed by atoms with Gasteiger partial charge in [0.1, 0.15) is 9.75 Å². The van der Waals surface area contributed by atoms with Crippen LogP contribution in [0.2, 0.25) is 0 Å². The predicted molar refractivity (Wildman–Crippen MR) is 85.2 cm³/mol. The third kappa shape index (κ3) is 3.50. The van der Waals surface area contributed by atoms with Crippen LogP contribution in [0.15, 0.2) is 24.5 Å². The number of hydrogen-bond acceptors (Lipinski definition) is 6. The van der Waals surface area contributed by atoms with Gasteiger partial charge in [0.05, 0.1) is 0 Å². The summed E-state index contributed by atoms with van der Waals surface area (Å²) in [5, 5.41) is 2.90. The van der Waals surface area contributed by atoms with E-state index in [2.05, 4.69) is 14.1 Å². The first-order chi connectivity index (χ1) is 10.7. The van der Waals surface area contributed by atoms with Gasteiger partial charge in [0.25, 0.3) is 11.8 Å². The highest BCUT2D eigenvalue weighted by Crippen LogP contribution is 2.22.